The van der Waals surface area contributed by atoms with Gasteiger partial charge in [-0.2, -0.15) is 10.1 Å². The molecule has 25 heavy (non-hydrogen) atoms. The molecule has 2 aromatic heterocycles. The van der Waals surface area contributed by atoms with E-state index in [1.165, 1.54) is 28.1 Å². The lowest BCUT2D eigenvalue weighted by Gasteiger charge is -2.13. The summed E-state index contributed by atoms with van der Waals surface area (Å²) in [4.78, 5) is 8.22. The Balaban J connectivity index is 1.74. The van der Waals surface area contributed by atoms with E-state index in [0.717, 1.165) is 18.1 Å². The molecule has 1 aliphatic carbocycles. The highest BCUT2D eigenvalue weighted by molar-refractivity contribution is 7.90. The molecule has 0 unspecified atom stereocenters. The predicted molar refractivity (Wildman–Crippen MR) is 94.2 cm³/mol. The number of hydrogen-bond donors (Lipinski definition) is 0. The molecule has 0 N–H and O–H groups in total. The van der Waals surface area contributed by atoms with Crippen molar-refractivity contribution in [3.63, 3.8) is 0 Å². The summed E-state index contributed by atoms with van der Waals surface area (Å²) in [5.41, 5.74) is 3.02. The van der Waals surface area contributed by atoms with E-state index in [2.05, 4.69) is 45.4 Å². The third-order valence-electron chi connectivity index (χ3n) is 4.73. The van der Waals surface area contributed by atoms with Gasteiger partial charge in [0.15, 0.2) is 5.65 Å². The normalized spacial score (nSPS) is 16.8. The van der Waals surface area contributed by atoms with Crippen LogP contribution in [0, 0.1) is 0 Å². The molecule has 1 aliphatic rings. The average Bonchev–Trinajstić information content (AvgIpc) is 3.17. The van der Waals surface area contributed by atoms with Crippen molar-refractivity contribution in [1.29, 1.82) is 0 Å². The van der Waals surface area contributed by atoms with E-state index in [1.54, 1.807) is 6.20 Å². The van der Waals surface area contributed by atoms with Crippen LogP contribution >= 0.6 is 0 Å². The zero-order chi connectivity index (χ0) is 17.2. The molecule has 7 heteroatoms. The molecule has 0 aliphatic heterocycles. The third kappa shape index (κ3) is 2.09. The molecule has 6 nitrogen and oxygen atoms in total. The molecule has 2 heterocycles. The quantitative estimate of drug-likeness (QED) is 0.519. The minimum atomic E-state index is -3.47. The summed E-state index contributed by atoms with van der Waals surface area (Å²) < 4.78 is 25.4. The van der Waals surface area contributed by atoms with Crippen molar-refractivity contribution >= 4 is 31.6 Å². The molecule has 0 saturated heterocycles. The number of aromatic nitrogens is 4. The molecule has 0 fully saturated rings. The maximum Gasteiger partial charge on any atom is 0.248 e. The maximum absolute atomic E-state index is 11.8. The van der Waals surface area contributed by atoms with E-state index < -0.39 is 9.84 Å². The van der Waals surface area contributed by atoms with Crippen LogP contribution in [0.4, 0.5) is 0 Å². The Bertz CT molecular complexity index is 1260. The van der Waals surface area contributed by atoms with Gasteiger partial charge in [-0.05, 0) is 28.3 Å². The van der Waals surface area contributed by atoms with Gasteiger partial charge in [-0.25, -0.2) is 18.1 Å². The van der Waals surface area contributed by atoms with Crippen molar-refractivity contribution < 1.29 is 8.42 Å². The summed E-state index contributed by atoms with van der Waals surface area (Å²) in [6.07, 6.45) is 5.13. The van der Waals surface area contributed by atoms with Crippen molar-refractivity contribution in [1.82, 2.24) is 19.7 Å². The van der Waals surface area contributed by atoms with Gasteiger partial charge in [0.2, 0.25) is 15.0 Å². The molecule has 2 aromatic carbocycles. The highest BCUT2D eigenvalue weighted by atomic mass is 32.2. The Hall–Kier alpha value is -2.80. The van der Waals surface area contributed by atoms with E-state index >= 15 is 0 Å². The van der Waals surface area contributed by atoms with E-state index in [9.17, 15) is 8.42 Å². The first-order valence-electron chi connectivity index (χ1n) is 7.93. The first-order chi connectivity index (χ1) is 12.0. The van der Waals surface area contributed by atoms with Crippen LogP contribution in [-0.4, -0.2) is 34.4 Å². The van der Waals surface area contributed by atoms with Crippen LogP contribution in [0.2, 0.25) is 0 Å². The molecular formula is C18H14N4O2S. The molecular weight excluding hydrogens is 336 g/mol. The Morgan fingerprint density at radius 2 is 1.88 bits per heavy atom. The zero-order valence-corrected chi connectivity index (χ0v) is 14.2. The van der Waals surface area contributed by atoms with Gasteiger partial charge in [-0.15, -0.1) is 0 Å². The number of nitrogens with zero attached hydrogens (tertiary/aromatic N) is 4. The van der Waals surface area contributed by atoms with Gasteiger partial charge in [-0.1, -0.05) is 36.4 Å². The highest BCUT2D eigenvalue weighted by Crippen LogP contribution is 2.39. The molecule has 0 bridgehead atoms. The second kappa shape index (κ2) is 4.86. The summed E-state index contributed by atoms with van der Waals surface area (Å²) in [6.45, 7) is 0. The molecule has 0 amide bonds. The van der Waals surface area contributed by atoms with Crippen LogP contribution in [0.25, 0.3) is 21.8 Å². The smallest absolute Gasteiger partial charge is 0.239 e. The third-order valence-corrected chi connectivity index (χ3v) is 5.59. The predicted octanol–water partition coefficient (Wildman–Crippen LogP) is 2.53. The summed E-state index contributed by atoms with van der Waals surface area (Å²) in [5.74, 6) is 0. The summed E-state index contributed by atoms with van der Waals surface area (Å²) in [7, 11) is -3.47. The van der Waals surface area contributed by atoms with Crippen LogP contribution in [-0.2, 0) is 16.3 Å². The summed E-state index contributed by atoms with van der Waals surface area (Å²) >= 11 is 0. The fourth-order valence-corrected chi connectivity index (χ4v) is 4.16. The van der Waals surface area contributed by atoms with Crippen LogP contribution in [0.15, 0.2) is 53.9 Å². The Labute approximate surface area is 144 Å². The average molecular weight is 350 g/mol. The minimum absolute atomic E-state index is 0.000843. The van der Waals surface area contributed by atoms with Crippen LogP contribution in [0.5, 0.6) is 0 Å². The fraction of sp³-hybridized carbons (Fsp3) is 0.167. The lowest BCUT2D eigenvalue weighted by Crippen LogP contribution is -2.13. The lowest BCUT2D eigenvalue weighted by molar-refractivity contribution is 0.547. The molecule has 124 valence electrons. The molecule has 0 saturated carbocycles. The Morgan fingerprint density at radius 1 is 1.08 bits per heavy atom. The summed E-state index contributed by atoms with van der Waals surface area (Å²) in [5, 5.41) is 7.52. The second-order valence-corrected chi connectivity index (χ2v) is 8.28. The minimum Gasteiger partial charge on any atom is -0.239 e. The van der Waals surface area contributed by atoms with Gasteiger partial charge in [0, 0.05) is 12.5 Å². The fourth-order valence-electron chi connectivity index (χ4n) is 3.66. The van der Waals surface area contributed by atoms with Gasteiger partial charge in [0.1, 0.15) is 0 Å². The van der Waals surface area contributed by atoms with Gasteiger partial charge < -0.3 is 0 Å². The van der Waals surface area contributed by atoms with Crippen LogP contribution in [0.3, 0.4) is 0 Å². The first kappa shape index (κ1) is 14.5. The van der Waals surface area contributed by atoms with Crippen molar-refractivity contribution in [2.75, 3.05) is 6.26 Å². The monoisotopic (exact) mass is 350 g/mol. The SMILES string of the molecule is CS(=O)(=O)c1ncc2cnn([C@@H]3Cc4cccc5cccc3c45)c2n1. The zero-order valence-electron chi connectivity index (χ0n) is 13.4. The Kier molecular flexibility index (Phi) is 2.82. The van der Waals surface area contributed by atoms with Crippen molar-refractivity contribution in [2.45, 2.75) is 17.6 Å². The number of sulfone groups is 1. The van der Waals surface area contributed by atoms with Gasteiger partial charge >= 0.3 is 0 Å². The van der Waals surface area contributed by atoms with Crippen molar-refractivity contribution in [3.8, 4) is 0 Å². The largest absolute Gasteiger partial charge is 0.248 e. The van der Waals surface area contributed by atoms with Crippen LogP contribution in [0.1, 0.15) is 17.2 Å². The maximum atomic E-state index is 11.8. The lowest BCUT2D eigenvalue weighted by atomic mass is 10.0. The molecule has 4 aromatic rings. The number of rotatable bonds is 2. The van der Waals surface area contributed by atoms with E-state index in [1.807, 2.05) is 10.7 Å². The van der Waals surface area contributed by atoms with E-state index in [4.69, 9.17) is 0 Å². The first-order valence-corrected chi connectivity index (χ1v) is 9.82. The Morgan fingerprint density at radius 3 is 2.68 bits per heavy atom. The van der Waals surface area contributed by atoms with Gasteiger partial charge in [0.25, 0.3) is 0 Å². The van der Waals surface area contributed by atoms with Crippen LogP contribution < -0.4 is 0 Å². The molecule has 5 rings (SSSR count). The molecule has 1 atom stereocenters. The topological polar surface area (TPSA) is 77.7 Å². The number of benzene rings is 2. The summed E-state index contributed by atoms with van der Waals surface area (Å²) in [6, 6.07) is 12.6. The van der Waals surface area contributed by atoms with Gasteiger partial charge in [0.05, 0.1) is 17.6 Å². The van der Waals surface area contributed by atoms with Crippen molar-refractivity contribution in [2.24, 2.45) is 0 Å². The van der Waals surface area contributed by atoms with Crippen molar-refractivity contribution in [3.05, 3.63) is 59.9 Å². The van der Waals surface area contributed by atoms with Gasteiger partial charge in [-0.3, -0.25) is 0 Å². The van der Waals surface area contributed by atoms with E-state index in [0.29, 0.717) is 5.65 Å². The highest BCUT2D eigenvalue weighted by Gasteiger charge is 2.28. The molecule has 0 spiro atoms. The number of hydrogen-bond acceptors (Lipinski definition) is 5. The second-order valence-electron chi connectivity index (χ2n) is 6.38. The number of fused-ring (bicyclic) bond motifs is 1. The molecule has 0 radical (unpaired) electrons. The van der Waals surface area contributed by atoms with E-state index in [-0.39, 0.29) is 11.2 Å². The standard InChI is InChI=1S/C18H14N4O2S/c1-25(23,24)18-19-9-13-10-20-22(17(13)21-18)15-8-12-6-2-4-11-5-3-7-14(15)16(11)12/h2-7,9-10,15H,8H2,1H3/t15-/m1/s1.